The monoisotopic (exact) mass is 398 g/mol. The first kappa shape index (κ1) is 20.0. The molecule has 1 heterocycles. The van der Waals surface area contributed by atoms with Crippen molar-refractivity contribution < 1.29 is 8.78 Å². The Morgan fingerprint density at radius 3 is 2.55 bits per heavy atom. The number of H-pyrrole nitrogens is 1. The van der Waals surface area contributed by atoms with Gasteiger partial charge in [-0.2, -0.15) is 5.10 Å². The zero-order valence-electron chi connectivity index (χ0n) is 17.1. The molecule has 6 heteroatoms. The van der Waals surface area contributed by atoms with E-state index < -0.39 is 11.6 Å². The largest absolute Gasteiger partial charge is 0.310 e. The van der Waals surface area contributed by atoms with E-state index in [9.17, 15) is 8.78 Å². The summed E-state index contributed by atoms with van der Waals surface area (Å²) in [5, 5.41) is 10.1. The predicted octanol–water partition coefficient (Wildman–Crippen LogP) is 5.40. The highest BCUT2D eigenvalue weighted by Crippen LogP contribution is 2.35. The van der Waals surface area contributed by atoms with Crippen LogP contribution in [0.4, 0.5) is 8.78 Å². The predicted molar refractivity (Wildman–Crippen MR) is 111 cm³/mol. The van der Waals surface area contributed by atoms with Crippen molar-refractivity contribution >= 4 is 11.1 Å². The number of allylic oxidation sites excluding steroid dienone is 4. The molecule has 0 unspecified atom stereocenters. The number of hydrogen-bond donors (Lipinski definition) is 2. The van der Waals surface area contributed by atoms with Crippen LogP contribution < -0.4 is 5.32 Å². The standard InChI is InChI=1S/C23H28F2N4/c1-23(2)8-6-18(7-9-23)26-13-19-20(24)11-17(12-21(19)25)15-4-3-5-16(10-15)22-27-14-28-29-22/h4,10-12,14,18,26H,3,5-9,13H2,1-2H3,(H,27,28,29). The van der Waals surface area contributed by atoms with Crippen LogP contribution in [-0.2, 0) is 6.54 Å². The third-order valence-corrected chi connectivity index (χ3v) is 6.21. The maximum Gasteiger partial charge on any atom is 0.151 e. The van der Waals surface area contributed by atoms with E-state index in [1.54, 1.807) is 0 Å². The summed E-state index contributed by atoms with van der Waals surface area (Å²) >= 11 is 0. The molecule has 4 rings (SSSR count). The van der Waals surface area contributed by atoms with Gasteiger partial charge in [-0.05, 0) is 78.9 Å². The average Bonchev–Trinajstić information content (AvgIpc) is 3.23. The molecule has 0 atom stereocenters. The highest BCUT2D eigenvalue weighted by molar-refractivity contribution is 5.84. The smallest absolute Gasteiger partial charge is 0.151 e. The molecule has 0 bridgehead atoms. The lowest BCUT2D eigenvalue weighted by Crippen LogP contribution is -2.35. The lowest BCUT2D eigenvalue weighted by atomic mass is 9.75. The van der Waals surface area contributed by atoms with Crippen molar-refractivity contribution in [3.05, 3.63) is 59.2 Å². The van der Waals surface area contributed by atoms with Crippen molar-refractivity contribution in [2.75, 3.05) is 0 Å². The van der Waals surface area contributed by atoms with Gasteiger partial charge in [0.05, 0.1) is 0 Å². The van der Waals surface area contributed by atoms with E-state index in [1.165, 1.54) is 18.5 Å². The van der Waals surface area contributed by atoms with Gasteiger partial charge in [-0.15, -0.1) is 0 Å². The second-order valence-electron chi connectivity index (χ2n) is 8.94. The number of aromatic nitrogens is 3. The van der Waals surface area contributed by atoms with Crippen molar-refractivity contribution in [3.8, 4) is 0 Å². The first-order valence-corrected chi connectivity index (χ1v) is 10.4. The Balaban J connectivity index is 1.47. The van der Waals surface area contributed by atoms with E-state index in [0.29, 0.717) is 22.8 Å². The van der Waals surface area contributed by atoms with Crippen LogP contribution in [0.1, 0.15) is 69.3 Å². The molecule has 154 valence electrons. The van der Waals surface area contributed by atoms with Gasteiger partial charge in [0, 0.05) is 18.2 Å². The fraction of sp³-hybridized carbons (Fsp3) is 0.478. The summed E-state index contributed by atoms with van der Waals surface area (Å²) < 4.78 is 29.5. The number of benzene rings is 1. The summed E-state index contributed by atoms with van der Waals surface area (Å²) in [5.41, 5.74) is 2.86. The molecule has 1 aromatic carbocycles. The quantitative estimate of drug-likeness (QED) is 0.709. The number of rotatable bonds is 5. The third kappa shape index (κ3) is 4.64. The molecule has 0 aliphatic heterocycles. The number of nitrogens with one attached hydrogen (secondary N) is 2. The summed E-state index contributed by atoms with van der Waals surface area (Å²) in [7, 11) is 0. The van der Waals surface area contributed by atoms with Crippen molar-refractivity contribution in [3.63, 3.8) is 0 Å². The van der Waals surface area contributed by atoms with Crippen LogP contribution in [0.5, 0.6) is 0 Å². The topological polar surface area (TPSA) is 53.6 Å². The Morgan fingerprint density at radius 1 is 1.17 bits per heavy atom. The third-order valence-electron chi connectivity index (χ3n) is 6.21. The van der Waals surface area contributed by atoms with Crippen molar-refractivity contribution in [2.45, 2.75) is 65.0 Å². The van der Waals surface area contributed by atoms with E-state index in [1.807, 2.05) is 12.2 Å². The van der Waals surface area contributed by atoms with Gasteiger partial charge in [0.25, 0.3) is 0 Å². The minimum atomic E-state index is -0.496. The molecule has 1 aromatic heterocycles. The van der Waals surface area contributed by atoms with Gasteiger partial charge in [0.2, 0.25) is 0 Å². The number of aromatic amines is 1. The van der Waals surface area contributed by atoms with Gasteiger partial charge in [-0.25, -0.2) is 13.8 Å². The van der Waals surface area contributed by atoms with Gasteiger partial charge >= 0.3 is 0 Å². The summed E-state index contributed by atoms with van der Waals surface area (Å²) in [6, 6.07) is 3.21. The molecule has 1 saturated carbocycles. The van der Waals surface area contributed by atoms with E-state index in [4.69, 9.17) is 0 Å². The molecule has 29 heavy (non-hydrogen) atoms. The molecule has 0 amide bonds. The highest BCUT2D eigenvalue weighted by atomic mass is 19.1. The summed E-state index contributed by atoms with van der Waals surface area (Å²) in [6.07, 6.45) is 11.4. The lowest BCUT2D eigenvalue weighted by Gasteiger charge is -2.34. The van der Waals surface area contributed by atoms with Crippen LogP contribution in [0.3, 0.4) is 0 Å². The summed E-state index contributed by atoms with van der Waals surface area (Å²) in [6.45, 7) is 4.79. The molecule has 2 aromatic rings. The first-order valence-electron chi connectivity index (χ1n) is 10.4. The van der Waals surface area contributed by atoms with Crippen molar-refractivity contribution in [1.82, 2.24) is 20.5 Å². The molecular formula is C23H28F2N4. The lowest BCUT2D eigenvalue weighted by molar-refractivity contribution is 0.205. The Labute approximate surface area is 170 Å². The van der Waals surface area contributed by atoms with Gasteiger partial charge in [0.15, 0.2) is 5.82 Å². The van der Waals surface area contributed by atoms with Crippen LogP contribution in [0, 0.1) is 17.0 Å². The molecule has 2 aliphatic rings. The number of halogens is 2. The Kier molecular flexibility index (Phi) is 5.63. The van der Waals surface area contributed by atoms with Crippen molar-refractivity contribution in [2.24, 2.45) is 5.41 Å². The molecular weight excluding hydrogens is 370 g/mol. The SMILES string of the molecule is CC1(C)CCC(NCc2c(F)cc(C3=CCCC(c4ncn[nH]4)=C3)cc2F)CC1. The molecule has 4 nitrogen and oxygen atoms in total. The molecule has 1 fully saturated rings. The molecule has 2 aliphatic carbocycles. The van der Waals surface area contributed by atoms with E-state index in [-0.39, 0.29) is 12.1 Å². The fourth-order valence-electron chi connectivity index (χ4n) is 4.24. The number of nitrogens with zero attached hydrogens (tertiary/aromatic N) is 2. The highest BCUT2D eigenvalue weighted by Gasteiger charge is 2.27. The van der Waals surface area contributed by atoms with Gasteiger partial charge < -0.3 is 5.32 Å². The van der Waals surface area contributed by atoms with Crippen LogP contribution in [-0.4, -0.2) is 21.2 Å². The van der Waals surface area contributed by atoms with Crippen LogP contribution in [0.2, 0.25) is 0 Å². The zero-order valence-corrected chi connectivity index (χ0v) is 17.1. The normalized spacial score (nSPS) is 19.7. The van der Waals surface area contributed by atoms with E-state index >= 15 is 0 Å². The van der Waals surface area contributed by atoms with Crippen molar-refractivity contribution in [1.29, 1.82) is 0 Å². The Morgan fingerprint density at radius 2 is 1.90 bits per heavy atom. The summed E-state index contributed by atoms with van der Waals surface area (Å²) in [5.74, 6) is -0.289. The second kappa shape index (κ2) is 8.19. The maximum atomic E-state index is 14.8. The number of hydrogen-bond acceptors (Lipinski definition) is 3. The van der Waals surface area contributed by atoms with Crippen LogP contribution in [0.25, 0.3) is 11.1 Å². The maximum absolute atomic E-state index is 14.8. The minimum absolute atomic E-state index is 0.120. The molecule has 2 N–H and O–H groups in total. The van der Waals surface area contributed by atoms with Crippen LogP contribution >= 0.6 is 0 Å². The van der Waals surface area contributed by atoms with Crippen LogP contribution in [0.15, 0.2) is 30.6 Å². The Hall–Kier alpha value is -2.34. The van der Waals surface area contributed by atoms with Gasteiger partial charge in [-0.1, -0.05) is 19.9 Å². The second-order valence-corrected chi connectivity index (χ2v) is 8.94. The van der Waals surface area contributed by atoms with Gasteiger partial charge in [0.1, 0.15) is 18.0 Å². The summed E-state index contributed by atoms with van der Waals surface area (Å²) in [4.78, 5) is 4.18. The van der Waals surface area contributed by atoms with E-state index in [0.717, 1.165) is 49.7 Å². The van der Waals surface area contributed by atoms with E-state index in [2.05, 4.69) is 34.3 Å². The van der Waals surface area contributed by atoms with Gasteiger partial charge in [-0.3, -0.25) is 5.10 Å². The minimum Gasteiger partial charge on any atom is -0.310 e. The first-order chi connectivity index (χ1) is 13.9. The molecule has 0 saturated heterocycles. The molecule has 0 radical (unpaired) electrons. The zero-order chi connectivity index (χ0) is 20.4. The molecule has 0 spiro atoms. The average molecular weight is 399 g/mol. The fourth-order valence-corrected chi connectivity index (χ4v) is 4.24. The Bertz CT molecular complexity index is 895.